The molecule has 0 amide bonds. The van der Waals surface area contributed by atoms with E-state index >= 15 is 0 Å². The first-order valence-corrected chi connectivity index (χ1v) is 7.12. The van der Waals surface area contributed by atoms with Crippen molar-refractivity contribution in [1.29, 1.82) is 0 Å². The molecular formula is C17H20N2O2. The van der Waals surface area contributed by atoms with Gasteiger partial charge < -0.3 is 4.74 Å². The molecule has 0 saturated carbocycles. The maximum Gasteiger partial charge on any atom is 0.330 e. The Balaban J connectivity index is 2.37. The lowest BCUT2D eigenvalue weighted by molar-refractivity contribution is -0.137. The Labute approximate surface area is 125 Å². The molecule has 4 heteroatoms. The van der Waals surface area contributed by atoms with E-state index in [1.54, 1.807) is 13.0 Å². The number of carbonyl (C=O) groups is 1. The maximum atomic E-state index is 11.5. The summed E-state index contributed by atoms with van der Waals surface area (Å²) in [6, 6.07) is 11.9. The van der Waals surface area contributed by atoms with Gasteiger partial charge in [0.2, 0.25) is 0 Å². The van der Waals surface area contributed by atoms with Gasteiger partial charge in [0.25, 0.3) is 0 Å². The highest BCUT2D eigenvalue weighted by Gasteiger charge is 2.10. The molecule has 0 bridgehead atoms. The standard InChI is InChI=1S/C17H20N2O2/c1-4-21-17(20)11-10-15-12-16(13(2)3)18-19(15)14-8-6-5-7-9-14/h5-13H,4H2,1-3H3/b11-10+. The van der Waals surface area contributed by atoms with Crippen molar-refractivity contribution in [2.75, 3.05) is 6.61 Å². The van der Waals surface area contributed by atoms with E-state index in [0.717, 1.165) is 17.1 Å². The molecule has 2 aromatic rings. The Bertz CT molecular complexity index is 627. The van der Waals surface area contributed by atoms with Crippen molar-refractivity contribution in [3.8, 4) is 5.69 Å². The van der Waals surface area contributed by atoms with Crippen molar-refractivity contribution in [2.45, 2.75) is 26.7 Å². The molecule has 0 atom stereocenters. The summed E-state index contributed by atoms with van der Waals surface area (Å²) in [4.78, 5) is 11.5. The van der Waals surface area contributed by atoms with Crippen molar-refractivity contribution < 1.29 is 9.53 Å². The number of esters is 1. The molecule has 0 fully saturated rings. The molecule has 1 heterocycles. The van der Waals surface area contributed by atoms with Crippen LogP contribution < -0.4 is 0 Å². The molecule has 0 radical (unpaired) electrons. The predicted octanol–water partition coefficient (Wildman–Crippen LogP) is 3.57. The van der Waals surface area contributed by atoms with Gasteiger partial charge in [0.05, 0.1) is 23.7 Å². The quantitative estimate of drug-likeness (QED) is 0.622. The fourth-order valence-corrected chi connectivity index (χ4v) is 1.94. The summed E-state index contributed by atoms with van der Waals surface area (Å²) >= 11 is 0. The van der Waals surface area contributed by atoms with E-state index in [1.807, 2.05) is 41.1 Å². The predicted molar refractivity (Wildman–Crippen MR) is 83.3 cm³/mol. The summed E-state index contributed by atoms with van der Waals surface area (Å²) in [5.74, 6) is -0.0193. The van der Waals surface area contributed by atoms with Crippen LogP contribution in [0.15, 0.2) is 42.5 Å². The van der Waals surface area contributed by atoms with Gasteiger partial charge in [-0.25, -0.2) is 9.48 Å². The van der Waals surface area contributed by atoms with Crippen LogP contribution in [0.3, 0.4) is 0 Å². The molecular weight excluding hydrogens is 264 g/mol. The number of para-hydroxylation sites is 1. The average molecular weight is 284 g/mol. The van der Waals surface area contributed by atoms with Gasteiger partial charge in [-0.3, -0.25) is 0 Å². The summed E-state index contributed by atoms with van der Waals surface area (Å²) < 4.78 is 6.75. The number of rotatable bonds is 5. The number of aromatic nitrogens is 2. The number of hydrogen-bond acceptors (Lipinski definition) is 3. The zero-order valence-electron chi connectivity index (χ0n) is 12.6. The van der Waals surface area contributed by atoms with Crippen LogP contribution in [0.25, 0.3) is 11.8 Å². The van der Waals surface area contributed by atoms with Gasteiger partial charge in [-0.2, -0.15) is 5.10 Å². The SMILES string of the molecule is CCOC(=O)/C=C/c1cc(C(C)C)nn1-c1ccccc1. The van der Waals surface area contributed by atoms with Crippen LogP contribution >= 0.6 is 0 Å². The van der Waals surface area contributed by atoms with Crippen molar-refractivity contribution in [3.05, 3.63) is 53.9 Å². The Morgan fingerprint density at radius 3 is 2.67 bits per heavy atom. The Hall–Kier alpha value is -2.36. The second-order valence-corrected chi connectivity index (χ2v) is 4.98. The molecule has 21 heavy (non-hydrogen) atoms. The normalized spacial score (nSPS) is 11.2. The van der Waals surface area contributed by atoms with Gasteiger partial charge in [-0.05, 0) is 37.1 Å². The van der Waals surface area contributed by atoms with E-state index in [9.17, 15) is 4.79 Å². The molecule has 0 saturated heterocycles. The summed E-state index contributed by atoms with van der Waals surface area (Å²) in [6.45, 7) is 6.35. The monoisotopic (exact) mass is 284 g/mol. The summed E-state index contributed by atoms with van der Waals surface area (Å²) in [5.41, 5.74) is 2.81. The van der Waals surface area contributed by atoms with Crippen LogP contribution in [0.4, 0.5) is 0 Å². The zero-order chi connectivity index (χ0) is 15.2. The lowest BCUT2D eigenvalue weighted by Gasteiger charge is -2.04. The topological polar surface area (TPSA) is 44.1 Å². The minimum absolute atomic E-state index is 0.324. The fraction of sp³-hybridized carbons (Fsp3) is 0.294. The third-order valence-corrected chi connectivity index (χ3v) is 3.02. The number of benzene rings is 1. The first-order chi connectivity index (χ1) is 10.1. The molecule has 0 aliphatic heterocycles. The first kappa shape index (κ1) is 15.0. The Morgan fingerprint density at radius 2 is 2.05 bits per heavy atom. The van der Waals surface area contributed by atoms with Gasteiger partial charge in [-0.1, -0.05) is 32.0 Å². The highest BCUT2D eigenvalue weighted by molar-refractivity contribution is 5.86. The highest BCUT2D eigenvalue weighted by atomic mass is 16.5. The maximum absolute atomic E-state index is 11.5. The molecule has 0 aliphatic rings. The smallest absolute Gasteiger partial charge is 0.330 e. The average Bonchev–Trinajstić information content (AvgIpc) is 2.91. The minimum atomic E-state index is -0.343. The van der Waals surface area contributed by atoms with E-state index in [2.05, 4.69) is 18.9 Å². The van der Waals surface area contributed by atoms with E-state index in [0.29, 0.717) is 12.5 Å². The van der Waals surface area contributed by atoms with Crippen LogP contribution in [0, 0.1) is 0 Å². The number of ether oxygens (including phenoxy) is 1. The van der Waals surface area contributed by atoms with Crippen LogP contribution in [0.1, 0.15) is 38.1 Å². The van der Waals surface area contributed by atoms with Gasteiger partial charge in [-0.15, -0.1) is 0 Å². The Kier molecular flexibility index (Phi) is 4.93. The van der Waals surface area contributed by atoms with Gasteiger partial charge in [0.15, 0.2) is 0 Å². The molecule has 0 N–H and O–H groups in total. The minimum Gasteiger partial charge on any atom is -0.463 e. The Morgan fingerprint density at radius 1 is 1.33 bits per heavy atom. The van der Waals surface area contributed by atoms with E-state index in [4.69, 9.17) is 4.74 Å². The van der Waals surface area contributed by atoms with Crippen molar-refractivity contribution in [1.82, 2.24) is 9.78 Å². The van der Waals surface area contributed by atoms with Crippen molar-refractivity contribution in [2.24, 2.45) is 0 Å². The molecule has 0 aliphatic carbocycles. The van der Waals surface area contributed by atoms with Gasteiger partial charge in [0, 0.05) is 6.08 Å². The second kappa shape index (κ2) is 6.88. The third kappa shape index (κ3) is 3.81. The highest BCUT2D eigenvalue weighted by Crippen LogP contribution is 2.19. The molecule has 0 spiro atoms. The number of hydrogen-bond donors (Lipinski definition) is 0. The van der Waals surface area contributed by atoms with E-state index < -0.39 is 0 Å². The van der Waals surface area contributed by atoms with Crippen LogP contribution in [-0.2, 0) is 9.53 Å². The van der Waals surface area contributed by atoms with Crippen LogP contribution in [0.5, 0.6) is 0 Å². The molecule has 110 valence electrons. The van der Waals surface area contributed by atoms with E-state index in [1.165, 1.54) is 6.08 Å². The van der Waals surface area contributed by atoms with Crippen LogP contribution in [0.2, 0.25) is 0 Å². The largest absolute Gasteiger partial charge is 0.463 e. The second-order valence-electron chi connectivity index (χ2n) is 4.98. The summed E-state index contributed by atoms with van der Waals surface area (Å²) in [7, 11) is 0. The first-order valence-electron chi connectivity index (χ1n) is 7.12. The van der Waals surface area contributed by atoms with Crippen LogP contribution in [-0.4, -0.2) is 22.4 Å². The molecule has 1 aromatic carbocycles. The number of nitrogens with zero attached hydrogens (tertiary/aromatic N) is 2. The van der Waals surface area contributed by atoms with E-state index in [-0.39, 0.29) is 5.97 Å². The summed E-state index contributed by atoms with van der Waals surface area (Å²) in [5, 5.41) is 4.62. The van der Waals surface area contributed by atoms with Gasteiger partial charge >= 0.3 is 5.97 Å². The molecule has 0 unspecified atom stereocenters. The third-order valence-electron chi connectivity index (χ3n) is 3.02. The van der Waals surface area contributed by atoms with Gasteiger partial charge in [0.1, 0.15) is 0 Å². The lowest BCUT2D eigenvalue weighted by atomic mass is 10.1. The summed E-state index contributed by atoms with van der Waals surface area (Å²) in [6.07, 6.45) is 3.17. The van der Waals surface area contributed by atoms with Crippen molar-refractivity contribution >= 4 is 12.0 Å². The molecule has 4 nitrogen and oxygen atoms in total. The molecule has 2 rings (SSSR count). The number of carbonyl (C=O) groups excluding carboxylic acids is 1. The zero-order valence-corrected chi connectivity index (χ0v) is 12.6. The van der Waals surface area contributed by atoms with Crippen molar-refractivity contribution in [3.63, 3.8) is 0 Å². The lowest BCUT2D eigenvalue weighted by Crippen LogP contribution is -2.01. The fourth-order valence-electron chi connectivity index (χ4n) is 1.94. The molecule has 1 aromatic heterocycles.